The maximum atomic E-state index is 11.8. The third-order valence-electron chi connectivity index (χ3n) is 2.42. The van der Waals surface area contributed by atoms with Gasteiger partial charge in [-0.05, 0) is 18.6 Å². The highest BCUT2D eigenvalue weighted by Crippen LogP contribution is 2.20. The van der Waals surface area contributed by atoms with E-state index >= 15 is 0 Å². The van der Waals surface area contributed by atoms with Crippen molar-refractivity contribution in [2.75, 3.05) is 10.5 Å². The molecule has 0 aliphatic heterocycles. The van der Waals surface area contributed by atoms with Gasteiger partial charge in [-0.25, -0.2) is 13.4 Å². The Morgan fingerprint density at radius 1 is 1.33 bits per heavy atom. The fraction of sp³-hybridized carbons (Fsp3) is 0.250. The van der Waals surface area contributed by atoms with Gasteiger partial charge in [0, 0.05) is 12.4 Å². The van der Waals surface area contributed by atoms with Gasteiger partial charge in [0.15, 0.2) is 0 Å². The van der Waals surface area contributed by atoms with Gasteiger partial charge in [0.1, 0.15) is 0 Å². The summed E-state index contributed by atoms with van der Waals surface area (Å²) in [4.78, 5) is 3.96. The first-order valence-electron chi connectivity index (χ1n) is 5.70. The molecule has 0 radical (unpaired) electrons. The minimum atomic E-state index is -3.28. The summed E-state index contributed by atoms with van der Waals surface area (Å²) in [6.07, 6.45) is 5.64. The van der Waals surface area contributed by atoms with Crippen LogP contribution < -0.4 is 4.72 Å². The molecule has 1 N–H and O–H groups in total. The Bertz CT molecular complexity index is 606. The number of hydrogen-bond acceptors (Lipinski definition) is 3. The van der Waals surface area contributed by atoms with Crippen molar-refractivity contribution in [1.82, 2.24) is 9.55 Å². The average molecular weight is 265 g/mol. The van der Waals surface area contributed by atoms with Crippen LogP contribution in [0.5, 0.6) is 0 Å². The van der Waals surface area contributed by atoms with E-state index in [9.17, 15) is 8.42 Å². The molecule has 0 saturated carbocycles. The predicted molar refractivity (Wildman–Crippen MR) is 71.3 cm³/mol. The SMILES string of the molecule is CCCS(=O)(=O)Nc1ccccc1-n1ccnc1. The van der Waals surface area contributed by atoms with Gasteiger partial charge in [-0.1, -0.05) is 19.1 Å². The maximum absolute atomic E-state index is 11.8. The van der Waals surface area contributed by atoms with Crippen LogP contribution in [-0.4, -0.2) is 23.7 Å². The summed E-state index contributed by atoms with van der Waals surface area (Å²) in [7, 11) is -3.28. The lowest BCUT2D eigenvalue weighted by Crippen LogP contribution is -2.17. The monoisotopic (exact) mass is 265 g/mol. The molecular formula is C12H15N3O2S. The first-order valence-corrected chi connectivity index (χ1v) is 7.35. The van der Waals surface area contributed by atoms with Crippen molar-refractivity contribution in [3.8, 4) is 5.69 Å². The Labute approximate surface area is 107 Å². The van der Waals surface area contributed by atoms with Gasteiger partial charge >= 0.3 is 0 Å². The van der Waals surface area contributed by atoms with Gasteiger partial charge in [-0.15, -0.1) is 0 Å². The Morgan fingerprint density at radius 2 is 2.11 bits per heavy atom. The number of rotatable bonds is 5. The molecule has 1 heterocycles. The number of sulfonamides is 1. The third kappa shape index (κ3) is 2.89. The van der Waals surface area contributed by atoms with Crippen LogP contribution in [0.25, 0.3) is 5.69 Å². The third-order valence-corrected chi connectivity index (χ3v) is 3.90. The smallest absolute Gasteiger partial charge is 0.232 e. The molecular weight excluding hydrogens is 250 g/mol. The predicted octanol–water partition coefficient (Wildman–Crippen LogP) is 2.02. The highest BCUT2D eigenvalue weighted by Gasteiger charge is 2.12. The number of nitrogens with one attached hydrogen (secondary N) is 1. The van der Waals surface area contributed by atoms with Gasteiger partial charge in [-0.3, -0.25) is 4.72 Å². The van der Waals surface area contributed by atoms with Gasteiger partial charge < -0.3 is 4.57 Å². The minimum absolute atomic E-state index is 0.116. The number of aromatic nitrogens is 2. The molecule has 5 nitrogen and oxygen atoms in total. The van der Waals surface area contributed by atoms with Gasteiger partial charge in [-0.2, -0.15) is 0 Å². The number of imidazole rings is 1. The van der Waals surface area contributed by atoms with Crippen LogP contribution >= 0.6 is 0 Å². The molecule has 96 valence electrons. The second-order valence-corrected chi connectivity index (χ2v) is 5.75. The summed E-state index contributed by atoms with van der Waals surface area (Å²) in [5.74, 6) is 0.116. The van der Waals surface area contributed by atoms with Gasteiger partial charge in [0.2, 0.25) is 10.0 Å². The molecule has 0 bridgehead atoms. The summed E-state index contributed by atoms with van der Waals surface area (Å²) in [6.45, 7) is 1.83. The lowest BCUT2D eigenvalue weighted by molar-refractivity contribution is 0.600. The van der Waals surface area contributed by atoms with Gasteiger partial charge in [0.25, 0.3) is 0 Å². The van der Waals surface area contributed by atoms with Gasteiger partial charge in [0.05, 0.1) is 23.5 Å². The van der Waals surface area contributed by atoms with Crippen molar-refractivity contribution in [2.45, 2.75) is 13.3 Å². The van der Waals surface area contributed by atoms with Crippen LogP contribution in [0.4, 0.5) is 5.69 Å². The molecule has 0 amide bonds. The lowest BCUT2D eigenvalue weighted by atomic mass is 10.3. The zero-order valence-electron chi connectivity index (χ0n) is 10.1. The summed E-state index contributed by atoms with van der Waals surface area (Å²) in [5, 5.41) is 0. The molecule has 0 spiro atoms. The normalized spacial score (nSPS) is 11.4. The van der Waals surface area contributed by atoms with E-state index in [1.165, 1.54) is 0 Å². The number of nitrogens with zero attached hydrogens (tertiary/aromatic N) is 2. The van der Waals surface area contributed by atoms with Crippen LogP contribution in [0.1, 0.15) is 13.3 Å². The second-order valence-electron chi connectivity index (χ2n) is 3.91. The Kier molecular flexibility index (Phi) is 3.66. The molecule has 0 aliphatic carbocycles. The van der Waals surface area contributed by atoms with Crippen LogP contribution in [0.3, 0.4) is 0 Å². The topological polar surface area (TPSA) is 64.0 Å². The lowest BCUT2D eigenvalue weighted by Gasteiger charge is -2.12. The average Bonchev–Trinajstić information content (AvgIpc) is 2.82. The number of para-hydroxylation sites is 2. The number of benzene rings is 1. The zero-order chi connectivity index (χ0) is 13.0. The van der Waals surface area contributed by atoms with E-state index in [4.69, 9.17) is 0 Å². The van der Waals surface area contributed by atoms with Crippen LogP contribution in [-0.2, 0) is 10.0 Å². The molecule has 0 fully saturated rings. The van der Waals surface area contributed by atoms with E-state index < -0.39 is 10.0 Å². The summed E-state index contributed by atoms with van der Waals surface area (Å²) in [6, 6.07) is 7.23. The van der Waals surface area contributed by atoms with Crippen molar-refractivity contribution < 1.29 is 8.42 Å². The van der Waals surface area contributed by atoms with Crippen LogP contribution in [0.15, 0.2) is 43.0 Å². The molecule has 0 saturated heterocycles. The first kappa shape index (κ1) is 12.6. The van der Waals surface area contributed by atoms with Crippen molar-refractivity contribution in [3.05, 3.63) is 43.0 Å². The molecule has 2 rings (SSSR count). The largest absolute Gasteiger partial charge is 0.304 e. The van der Waals surface area contributed by atoms with E-state index in [1.54, 1.807) is 35.4 Å². The summed E-state index contributed by atoms with van der Waals surface area (Å²) < 4.78 is 27.9. The Balaban J connectivity index is 2.35. The Morgan fingerprint density at radius 3 is 2.78 bits per heavy atom. The van der Waals surface area contributed by atoms with Crippen LogP contribution in [0.2, 0.25) is 0 Å². The van der Waals surface area contributed by atoms with Crippen molar-refractivity contribution in [1.29, 1.82) is 0 Å². The fourth-order valence-electron chi connectivity index (χ4n) is 1.67. The maximum Gasteiger partial charge on any atom is 0.232 e. The van der Waals surface area contributed by atoms with E-state index in [-0.39, 0.29) is 5.75 Å². The standard InChI is InChI=1S/C12H15N3O2S/c1-2-9-18(16,17)14-11-5-3-4-6-12(11)15-8-7-13-10-15/h3-8,10,14H,2,9H2,1H3. The van der Waals surface area contributed by atoms with E-state index in [2.05, 4.69) is 9.71 Å². The van der Waals surface area contributed by atoms with Crippen LogP contribution in [0, 0.1) is 0 Å². The van der Waals surface area contributed by atoms with E-state index in [0.717, 1.165) is 5.69 Å². The molecule has 18 heavy (non-hydrogen) atoms. The van der Waals surface area contributed by atoms with Crippen molar-refractivity contribution in [2.24, 2.45) is 0 Å². The fourth-order valence-corrected chi connectivity index (χ4v) is 2.82. The molecule has 0 aliphatic rings. The second kappa shape index (κ2) is 5.22. The number of anilines is 1. The quantitative estimate of drug-likeness (QED) is 0.899. The van der Waals surface area contributed by atoms with Crippen molar-refractivity contribution in [3.63, 3.8) is 0 Å². The van der Waals surface area contributed by atoms with Crippen molar-refractivity contribution >= 4 is 15.7 Å². The summed E-state index contributed by atoms with van der Waals surface area (Å²) in [5.41, 5.74) is 1.32. The molecule has 6 heteroatoms. The molecule has 1 aromatic carbocycles. The highest BCUT2D eigenvalue weighted by atomic mass is 32.2. The molecule has 0 atom stereocenters. The molecule has 2 aromatic rings. The number of hydrogen-bond donors (Lipinski definition) is 1. The highest BCUT2D eigenvalue weighted by molar-refractivity contribution is 7.92. The summed E-state index contributed by atoms with van der Waals surface area (Å²) >= 11 is 0. The Hall–Kier alpha value is -1.82. The molecule has 0 unspecified atom stereocenters. The minimum Gasteiger partial charge on any atom is -0.304 e. The van der Waals surface area contributed by atoms with E-state index in [1.807, 2.05) is 19.1 Å². The van der Waals surface area contributed by atoms with E-state index in [0.29, 0.717) is 12.1 Å². The zero-order valence-corrected chi connectivity index (χ0v) is 10.9. The molecule has 1 aromatic heterocycles. The first-order chi connectivity index (χ1) is 8.62.